The van der Waals surface area contributed by atoms with Crippen molar-refractivity contribution < 1.29 is 14.6 Å². The number of carbonyl (C=O) groups excluding carboxylic acids is 1. The van der Waals surface area contributed by atoms with Crippen LogP contribution in [0.15, 0.2) is 0 Å². The van der Waals surface area contributed by atoms with Crippen LogP contribution in [0.25, 0.3) is 0 Å². The van der Waals surface area contributed by atoms with Gasteiger partial charge in [0.1, 0.15) is 11.8 Å². The number of ether oxygens (including phenoxy) is 1. The van der Waals surface area contributed by atoms with Crippen LogP contribution in [0.2, 0.25) is 0 Å². The summed E-state index contributed by atoms with van der Waals surface area (Å²) in [5.41, 5.74) is 5.67. The molecule has 1 rings (SSSR count). The molecule has 0 bridgehead atoms. The molecule has 0 aromatic carbocycles. The summed E-state index contributed by atoms with van der Waals surface area (Å²) in [5, 5.41) is 9.86. The van der Waals surface area contributed by atoms with Crippen LogP contribution in [0.4, 0.5) is 0 Å². The van der Waals surface area contributed by atoms with E-state index in [9.17, 15) is 9.90 Å². The van der Waals surface area contributed by atoms with Crippen LogP contribution in [-0.4, -0.2) is 121 Å². The zero-order valence-corrected chi connectivity index (χ0v) is 23.7. The molecule has 34 heavy (non-hydrogen) atoms. The molecule has 8 nitrogen and oxygen atoms in total. The van der Waals surface area contributed by atoms with Gasteiger partial charge in [-0.1, -0.05) is 41.5 Å². The smallest absolute Gasteiger partial charge is 0.320 e. The van der Waals surface area contributed by atoms with Crippen molar-refractivity contribution in [1.29, 1.82) is 0 Å². The number of esters is 1. The highest BCUT2D eigenvalue weighted by Gasteiger charge is 2.24. The molecule has 1 saturated heterocycles. The van der Waals surface area contributed by atoms with Gasteiger partial charge >= 0.3 is 5.97 Å². The van der Waals surface area contributed by atoms with Crippen LogP contribution < -0.4 is 5.73 Å². The maximum Gasteiger partial charge on any atom is 0.320 e. The van der Waals surface area contributed by atoms with Gasteiger partial charge in [0.25, 0.3) is 0 Å². The molecular formula is C26H55N5O3. The molecule has 0 aliphatic carbocycles. The molecule has 1 heterocycles. The molecule has 0 aromatic rings. The lowest BCUT2D eigenvalue weighted by Gasteiger charge is -2.38. The van der Waals surface area contributed by atoms with Gasteiger partial charge in [-0.05, 0) is 31.6 Å². The van der Waals surface area contributed by atoms with Gasteiger partial charge in [-0.25, -0.2) is 0 Å². The van der Waals surface area contributed by atoms with Crippen molar-refractivity contribution in [1.82, 2.24) is 19.6 Å². The Morgan fingerprint density at radius 1 is 0.735 bits per heavy atom. The van der Waals surface area contributed by atoms with E-state index in [1.54, 1.807) is 0 Å². The van der Waals surface area contributed by atoms with E-state index >= 15 is 0 Å². The zero-order chi connectivity index (χ0) is 26.2. The Bertz CT molecular complexity index is 593. The number of hydrogen-bond acceptors (Lipinski definition) is 8. The van der Waals surface area contributed by atoms with Crippen molar-refractivity contribution >= 4 is 5.97 Å². The largest absolute Gasteiger partial charge is 0.459 e. The summed E-state index contributed by atoms with van der Waals surface area (Å²) >= 11 is 0. The standard InChI is InChI=1S/C26H55N5O3/c1-24(2,3)20-30-14-12-28(18-22(27)32)10-11-29(19-23(33)34-26(7,8)9)13-15-31(17-16-30)21-25(4,5)6/h22,32H,10-21,27H2,1-9H3. The van der Waals surface area contributed by atoms with E-state index in [-0.39, 0.29) is 23.3 Å². The van der Waals surface area contributed by atoms with E-state index in [1.165, 1.54) is 0 Å². The van der Waals surface area contributed by atoms with Crippen LogP contribution in [-0.2, 0) is 9.53 Å². The van der Waals surface area contributed by atoms with Gasteiger partial charge < -0.3 is 25.4 Å². The normalized spacial score (nSPS) is 21.0. The summed E-state index contributed by atoms with van der Waals surface area (Å²) in [6, 6.07) is 0. The maximum atomic E-state index is 12.6. The Kier molecular flexibility index (Phi) is 12.4. The Labute approximate surface area is 209 Å². The Morgan fingerprint density at radius 2 is 1.09 bits per heavy atom. The fraction of sp³-hybridized carbons (Fsp3) is 0.962. The number of aliphatic hydroxyl groups is 1. The van der Waals surface area contributed by atoms with Gasteiger partial charge in [0, 0.05) is 72.0 Å². The first kappa shape index (κ1) is 31.3. The molecule has 0 radical (unpaired) electrons. The van der Waals surface area contributed by atoms with Crippen LogP contribution >= 0.6 is 0 Å². The highest BCUT2D eigenvalue weighted by Crippen LogP contribution is 2.18. The van der Waals surface area contributed by atoms with Crippen LogP contribution in [0, 0.1) is 10.8 Å². The van der Waals surface area contributed by atoms with Crippen molar-refractivity contribution in [2.24, 2.45) is 16.6 Å². The molecular weight excluding hydrogens is 430 g/mol. The first-order valence-corrected chi connectivity index (χ1v) is 13.0. The Balaban J connectivity index is 3.02. The third-order valence-corrected chi connectivity index (χ3v) is 5.54. The summed E-state index contributed by atoms with van der Waals surface area (Å²) < 4.78 is 5.60. The minimum Gasteiger partial charge on any atom is -0.459 e. The molecule has 3 N–H and O–H groups in total. The number of nitrogens with two attached hydrogens (primary N) is 1. The topological polar surface area (TPSA) is 85.5 Å². The molecule has 202 valence electrons. The predicted octanol–water partition coefficient (Wildman–Crippen LogP) is 1.92. The molecule has 0 saturated carbocycles. The molecule has 1 atom stereocenters. The average molecular weight is 486 g/mol. The lowest BCUT2D eigenvalue weighted by Crippen LogP contribution is -2.50. The van der Waals surface area contributed by atoms with Gasteiger partial charge in [0.15, 0.2) is 0 Å². The summed E-state index contributed by atoms with van der Waals surface area (Å²) in [4.78, 5) is 22.1. The number of aliphatic hydroxyl groups excluding tert-OH is 1. The molecule has 1 unspecified atom stereocenters. The molecule has 8 heteroatoms. The first-order chi connectivity index (χ1) is 15.4. The monoisotopic (exact) mass is 485 g/mol. The van der Waals surface area contributed by atoms with Crippen LogP contribution in [0.1, 0.15) is 62.3 Å². The van der Waals surface area contributed by atoms with Gasteiger partial charge in [-0.15, -0.1) is 0 Å². The molecule has 0 amide bonds. The Morgan fingerprint density at radius 3 is 1.41 bits per heavy atom. The van der Waals surface area contributed by atoms with Gasteiger partial charge in [-0.2, -0.15) is 0 Å². The first-order valence-electron chi connectivity index (χ1n) is 13.0. The van der Waals surface area contributed by atoms with E-state index in [0.29, 0.717) is 6.54 Å². The van der Waals surface area contributed by atoms with E-state index in [4.69, 9.17) is 10.5 Å². The fourth-order valence-corrected chi connectivity index (χ4v) is 4.40. The van der Waals surface area contributed by atoms with Crippen molar-refractivity contribution in [3.63, 3.8) is 0 Å². The average Bonchev–Trinajstić information content (AvgIpc) is 2.59. The number of carbonyl (C=O) groups is 1. The third kappa shape index (κ3) is 16.0. The summed E-state index contributed by atoms with van der Waals surface area (Å²) in [6.45, 7) is 29.1. The summed E-state index contributed by atoms with van der Waals surface area (Å²) in [7, 11) is 0. The highest BCUT2D eigenvalue weighted by molar-refractivity contribution is 5.72. The van der Waals surface area contributed by atoms with Crippen molar-refractivity contribution in [2.45, 2.75) is 74.1 Å². The maximum absolute atomic E-state index is 12.6. The quantitative estimate of drug-likeness (QED) is 0.436. The fourth-order valence-electron chi connectivity index (χ4n) is 4.40. The second-order valence-electron chi connectivity index (χ2n) is 13.4. The zero-order valence-electron chi connectivity index (χ0n) is 23.7. The van der Waals surface area contributed by atoms with Gasteiger partial charge in [0.2, 0.25) is 0 Å². The van der Waals surface area contributed by atoms with E-state index in [1.807, 2.05) is 20.8 Å². The van der Waals surface area contributed by atoms with Gasteiger partial charge in [0.05, 0.1) is 6.54 Å². The lowest BCUT2D eigenvalue weighted by atomic mass is 9.95. The number of hydrogen-bond donors (Lipinski definition) is 2. The number of rotatable bonds is 6. The second-order valence-corrected chi connectivity index (χ2v) is 13.4. The number of nitrogens with zero attached hydrogens (tertiary/aromatic N) is 4. The number of β-amino-alcohol motifs (C(OH)–C–C–N with tert-alkyl or cyclic N) is 1. The minimum atomic E-state index is -0.870. The molecule has 1 aliphatic heterocycles. The Hall–Kier alpha value is -0.770. The highest BCUT2D eigenvalue weighted by atomic mass is 16.6. The van der Waals surface area contributed by atoms with E-state index in [2.05, 4.69) is 61.1 Å². The van der Waals surface area contributed by atoms with Crippen molar-refractivity contribution in [2.75, 3.05) is 78.5 Å². The predicted molar refractivity (Wildman–Crippen MR) is 141 cm³/mol. The van der Waals surface area contributed by atoms with Gasteiger partial charge in [-0.3, -0.25) is 14.6 Å². The molecule has 1 fully saturated rings. The van der Waals surface area contributed by atoms with Crippen LogP contribution in [0.5, 0.6) is 0 Å². The van der Waals surface area contributed by atoms with E-state index < -0.39 is 11.8 Å². The summed E-state index contributed by atoms with van der Waals surface area (Å²) in [6.07, 6.45) is -0.870. The lowest BCUT2D eigenvalue weighted by molar-refractivity contribution is -0.156. The van der Waals surface area contributed by atoms with Crippen molar-refractivity contribution in [3.8, 4) is 0 Å². The minimum absolute atomic E-state index is 0.191. The third-order valence-electron chi connectivity index (χ3n) is 5.54. The molecule has 0 aromatic heterocycles. The second kappa shape index (κ2) is 13.5. The summed E-state index contributed by atoms with van der Waals surface area (Å²) in [5.74, 6) is -0.191. The van der Waals surface area contributed by atoms with Crippen molar-refractivity contribution in [3.05, 3.63) is 0 Å². The van der Waals surface area contributed by atoms with Crippen LogP contribution in [0.3, 0.4) is 0 Å². The molecule has 0 spiro atoms. The SMILES string of the molecule is CC(C)(C)CN1CCN(CC(=O)OC(C)(C)C)CCN(CC(N)O)CCN(CC(C)(C)C)CC1. The van der Waals surface area contributed by atoms with E-state index in [0.717, 1.165) is 65.4 Å². The molecule has 1 aliphatic rings.